The Morgan fingerprint density at radius 1 is 1.09 bits per heavy atom. The Kier molecular flexibility index (Phi) is 3.43. The summed E-state index contributed by atoms with van der Waals surface area (Å²) >= 11 is 0. The van der Waals surface area contributed by atoms with E-state index in [0.717, 1.165) is 16.5 Å². The van der Waals surface area contributed by atoms with Gasteiger partial charge < -0.3 is 14.5 Å². The third-order valence-electron chi connectivity index (χ3n) is 4.54. The number of H-pyrrole nitrogens is 1. The normalized spacial score (nSPS) is 20.8. The van der Waals surface area contributed by atoms with Crippen molar-refractivity contribution in [2.45, 2.75) is 25.0 Å². The number of hydrogen-bond acceptors (Lipinski definition) is 4. The Bertz CT molecular complexity index is 741. The molecule has 3 heterocycles. The summed E-state index contributed by atoms with van der Waals surface area (Å²) in [5, 5.41) is 1.13. The number of ether oxygens (including phenoxy) is 2. The van der Waals surface area contributed by atoms with Crippen molar-refractivity contribution < 1.29 is 19.1 Å². The number of fused-ring (bicyclic) bond motifs is 1. The lowest BCUT2D eigenvalue weighted by Crippen LogP contribution is -2.52. The highest BCUT2D eigenvalue weighted by molar-refractivity contribution is 5.99. The van der Waals surface area contributed by atoms with E-state index in [1.165, 1.54) is 4.90 Å². The fourth-order valence-corrected chi connectivity index (χ4v) is 3.37. The molecule has 0 bridgehead atoms. The minimum Gasteiger partial charge on any atom is -0.361 e. The van der Waals surface area contributed by atoms with Crippen LogP contribution in [0.2, 0.25) is 0 Å². The van der Waals surface area contributed by atoms with Gasteiger partial charge >= 0.3 is 0 Å². The van der Waals surface area contributed by atoms with Gasteiger partial charge in [-0.05, 0) is 18.1 Å². The van der Waals surface area contributed by atoms with Crippen molar-refractivity contribution in [2.75, 3.05) is 19.8 Å². The molecular formula is C17H18N2O4. The molecule has 2 aliphatic heterocycles. The Morgan fingerprint density at radius 3 is 2.52 bits per heavy atom. The van der Waals surface area contributed by atoms with Crippen molar-refractivity contribution in [1.82, 2.24) is 9.88 Å². The molecule has 1 aromatic heterocycles. The smallest absolute Gasteiger partial charge is 0.234 e. The van der Waals surface area contributed by atoms with Gasteiger partial charge in [-0.1, -0.05) is 18.2 Å². The number of para-hydroxylation sites is 1. The molecule has 2 amide bonds. The lowest BCUT2D eigenvalue weighted by molar-refractivity contribution is -0.196. The topological polar surface area (TPSA) is 71.6 Å². The molecular weight excluding hydrogens is 296 g/mol. The summed E-state index contributed by atoms with van der Waals surface area (Å²) in [6.07, 6.45) is 2.81. The first-order valence-corrected chi connectivity index (χ1v) is 7.83. The van der Waals surface area contributed by atoms with E-state index in [2.05, 4.69) is 4.98 Å². The molecule has 23 heavy (non-hydrogen) atoms. The Hall–Kier alpha value is -2.18. The number of likely N-dealkylation sites (tertiary alicyclic amines) is 1. The van der Waals surface area contributed by atoms with Crippen molar-refractivity contribution >= 4 is 22.7 Å². The molecule has 0 aliphatic carbocycles. The molecule has 0 radical (unpaired) electrons. The van der Waals surface area contributed by atoms with Gasteiger partial charge in [0.05, 0.1) is 26.1 Å². The van der Waals surface area contributed by atoms with Crippen LogP contribution < -0.4 is 0 Å². The first-order valence-electron chi connectivity index (χ1n) is 7.83. The molecule has 6 heteroatoms. The molecule has 6 nitrogen and oxygen atoms in total. The number of aromatic amines is 1. The van der Waals surface area contributed by atoms with Crippen molar-refractivity contribution in [1.29, 1.82) is 0 Å². The maximum Gasteiger partial charge on any atom is 0.234 e. The predicted octanol–water partition coefficient (Wildman–Crippen LogP) is 1.60. The van der Waals surface area contributed by atoms with E-state index in [4.69, 9.17) is 9.47 Å². The molecule has 4 rings (SSSR count). The van der Waals surface area contributed by atoms with Gasteiger partial charge in [0.25, 0.3) is 0 Å². The SMILES string of the molecule is O=C1CC2(CC(=O)N1CCc1c[nH]c3ccccc13)OCCO2. The number of rotatable bonds is 3. The fraction of sp³-hybridized carbons (Fsp3) is 0.412. The van der Waals surface area contributed by atoms with Crippen molar-refractivity contribution in [3.05, 3.63) is 36.0 Å². The van der Waals surface area contributed by atoms with E-state index in [9.17, 15) is 9.59 Å². The fourth-order valence-electron chi connectivity index (χ4n) is 3.37. The monoisotopic (exact) mass is 314 g/mol. The van der Waals surface area contributed by atoms with Crippen LogP contribution in [0.4, 0.5) is 0 Å². The summed E-state index contributed by atoms with van der Waals surface area (Å²) in [4.78, 5) is 29.2. The van der Waals surface area contributed by atoms with Gasteiger partial charge in [-0.3, -0.25) is 14.5 Å². The molecule has 0 saturated carbocycles. The summed E-state index contributed by atoms with van der Waals surface area (Å²) in [5.41, 5.74) is 2.17. The van der Waals surface area contributed by atoms with Crippen molar-refractivity contribution in [3.63, 3.8) is 0 Å². The molecule has 120 valence electrons. The molecule has 2 aromatic rings. The van der Waals surface area contributed by atoms with Gasteiger partial charge in [-0.2, -0.15) is 0 Å². The minimum atomic E-state index is -1.01. The van der Waals surface area contributed by atoms with Crippen LogP contribution in [-0.2, 0) is 25.5 Å². The number of carbonyl (C=O) groups is 2. The van der Waals surface area contributed by atoms with Gasteiger partial charge in [0.15, 0.2) is 5.79 Å². The standard InChI is InChI=1S/C17H18N2O4/c20-15-9-17(22-7-8-23-17)10-16(21)19(15)6-5-12-11-18-14-4-2-1-3-13(12)14/h1-4,11,18H,5-10H2. The van der Waals surface area contributed by atoms with Crippen LogP contribution in [0.3, 0.4) is 0 Å². The molecule has 2 fully saturated rings. The number of nitrogens with one attached hydrogen (secondary N) is 1. The highest BCUT2D eigenvalue weighted by Gasteiger charge is 2.47. The van der Waals surface area contributed by atoms with Crippen molar-refractivity contribution in [2.24, 2.45) is 0 Å². The zero-order valence-electron chi connectivity index (χ0n) is 12.7. The summed E-state index contributed by atoms with van der Waals surface area (Å²) < 4.78 is 11.0. The van der Waals surface area contributed by atoms with E-state index in [-0.39, 0.29) is 24.7 Å². The molecule has 2 saturated heterocycles. The van der Waals surface area contributed by atoms with Crippen LogP contribution in [-0.4, -0.2) is 47.2 Å². The third kappa shape index (κ3) is 2.54. The summed E-state index contributed by atoms with van der Waals surface area (Å²) in [6.45, 7) is 1.27. The Balaban J connectivity index is 1.47. The van der Waals surface area contributed by atoms with Gasteiger partial charge in [0.1, 0.15) is 0 Å². The largest absolute Gasteiger partial charge is 0.361 e. The number of amides is 2. The van der Waals surface area contributed by atoms with Crippen molar-refractivity contribution in [3.8, 4) is 0 Å². The number of carbonyl (C=O) groups excluding carboxylic acids is 2. The maximum absolute atomic E-state index is 12.3. The van der Waals surface area contributed by atoms with Crippen LogP contribution in [0.15, 0.2) is 30.5 Å². The first-order chi connectivity index (χ1) is 11.2. The van der Waals surface area contributed by atoms with Gasteiger partial charge in [-0.25, -0.2) is 0 Å². The van der Waals surface area contributed by atoms with Crippen LogP contribution in [0.1, 0.15) is 18.4 Å². The zero-order chi connectivity index (χ0) is 15.9. The van der Waals surface area contributed by atoms with Gasteiger partial charge in [0.2, 0.25) is 11.8 Å². The molecule has 1 aromatic carbocycles. The third-order valence-corrected chi connectivity index (χ3v) is 4.54. The van der Waals surface area contributed by atoms with E-state index in [1.807, 2.05) is 30.5 Å². The number of benzene rings is 1. The molecule has 0 atom stereocenters. The second-order valence-electron chi connectivity index (χ2n) is 6.01. The van der Waals surface area contributed by atoms with E-state index in [1.54, 1.807) is 0 Å². The number of imide groups is 1. The maximum atomic E-state index is 12.3. The van der Waals surface area contributed by atoms with Crippen LogP contribution in [0.5, 0.6) is 0 Å². The quantitative estimate of drug-likeness (QED) is 0.874. The lowest BCUT2D eigenvalue weighted by atomic mass is 10.0. The summed E-state index contributed by atoms with van der Waals surface area (Å²) in [6, 6.07) is 8.00. The number of nitrogens with zero attached hydrogens (tertiary/aromatic N) is 1. The van der Waals surface area contributed by atoms with Crippen LogP contribution >= 0.6 is 0 Å². The van der Waals surface area contributed by atoms with Crippen LogP contribution in [0.25, 0.3) is 10.9 Å². The van der Waals surface area contributed by atoms with E-state index >= 15 is 0 Å². The minimum absolute atomic E-state index is 0.118. The molecule has 1 N–H and O–H groups in total. The molecule has 2 aliphatic rings. The average Bonchev–Trinajstić information content (AvgIpc) is 3.14. The number of piperidine rings is 1. The highest BCUT2D eigenvalue weighted by Crippen LogP contribution is 2.32. The van der Waals surface area contributed by atoms with E-state index in [0.29, 0.717) is 26.2 Å². The predicted molar refractivity (Wildman–Crippen MR) is 82.6 cm³/mol. The molecule has 0 unspecified atom stereocenters. The molecule has 1 spiro atoms. The number of aromatic nitrogens is 1. The second-order valence-corrected chi connectivity index (χ2v) is 6.01. The number of hydrogen-bond donors (Lipinski definition) is 1. The van der Waals surface area contributed by atoms with Gasteiger partial charge in [-0.15, -0.1) is 0 Å². The summed E-state index contributed by atoms with van der Waals surface area (Å²) in [7, 11) is 0. The van der Waals surface area contributed by atoms with E-state index < -0.39 is 5.79 Å². The zero-order valence-corrected chi connectivity index (χ0v) is 12.7. The Labute approximate surface area is 133 Å². The van der Waals surface area contributed by atoms with Crippen LogP contribution in [0, 0.1) is 0 Å². The second kappa shape index (κ2) is 5.47. The Morgan fingerprint density at radius 2 is 1.78 bits per heavy atom. The summed E-state index contributed by atoms with van der Waals surface area (Å²) in [5.74, 6) is -1.45. The lowest BCUT2D eigenvalue weighted by Gasteiger charge is -2.35. The van der Waals surface area contributed by atoms with Gasteiger partial charge in [0, 0.05) is 23.6 Å². The first kappa shape index (κ1) is 14.4. The highest BCUT2D eigenvalue weighted by atomic mass is 16.7. The average molecular weight is 314 g/mol.